The van der Waals surface area contributed by atoms with Crippen molar-refractivity contribution in [1.82, 2.24) is 0 Å². The quantitative estimate of drug-likeness (QED) is 0.0393. The fourth-order valence-electron chi connectivity index (χ4n) is 12.9. The Bertz CT molecular complexity index is 1590. The van der Waals surface area contributed by atoms with Crippen molar-refractivity contribution in [2.45, 2.75) is 343 Å². The van der Waals surface area contributed by atoms with E-state index in [1.807, 2.05) is 0 Å². The van der Waals surface area contributed by atoms with Crippen molar-refractivity contribution in [3.63, 3.8) is 0 Å². The van der Waals surface area contributed by atoms with Crippen LogP contribution in [-0.4, -0.2) is 74.2 Å². The Kier molecular flexibility index (Phi) is 43.6. The third-order valence-electron chi connectivity index (χ3n) is 18.0. The van der Waals surface area contributed by atoms with Crippen molar-refractivity contribution in [3.8, 4) is 0 Å². The maximum absolute atomic E-state index is 15.2. The average Bonchev–Trinajstić information content (AvgIpc) is 3.45. The van der Waals surface area contributed by atoms with E-state index in [0.717, 1.165) is 152 Å². The van der Waals surface area contributed by atoms with Gasteiger partial charge in [0.2, 0.25) is 0 Å². The van der Waals surface area contributed by atoms with Gasteiger partial charge in [-0.15, -0.1) is 0 Å². The Morgan fingerprint density at radius 2 is 0.500 bits per heavy atom. The zero-order valence-corrected chi connectivity index (χ0v) is 55.8. The van der Waals surface area contributed by atoms with Gasteiger partial charge >= 0.3 is 411 Å². The zero-order chi connectivity index (χ0) is 57.6. The molecule has 0 unspecified atom stereocenters. The first-order chi connectivity index (χ1) is 37.7. The van der Waals surface area contributed by atoms with Crippen LogP contribution in [0.15, 0.2) is 23.1 Å². The minimum absolute atomic E-state index is 0.230. The standard InChI is InChI=1S/C68H132O7P2S/c1-9-17-25-27-29-31-33-35-37-39-41-43-45-47-49-51-62-76(56-19-11-3,57-20-12-4,58-21-13-5)74-67(69)64-54-53-55-65(66(64)78(71,72)73)68(70)75-77(59-22-14-6,60-23-15-7,61-24-16-8)63-52-50-48-46-44-42-40-38-36-34-32-30-28-26-18-10-2/h53-55H,9-52,56-63H2,1-8H3,(H,71,72,73). The molecular weight excluding hydrogens is 1020 g/mol. The SMILES string of the molecule is CCCCCCCCCCCCCCCCCCP(CCCC)(CCCC)(CCCC)OC(=O)c1cccc(C(=O)OP(CCCC)(CCCC)(CCCC)CCCCCCCCCCCCCCCCCC)c1S(=O)(=O)O. The Morgan fingerprint density at radius 1 is 0.321 bits per heavy atom. The number of carbonyl (C=O) groups is 2. The normalized spacial score (nSPS) is 13.3. The first-order valence-electron chi connectivity index (χ1n) is 34.3. The van der Waals surface area contributed by atoms with Crippen molar-refractivity contribution in [2.75, 3.05) is 49.3 Å². The van der Waals surface area contributed by atoms with E-state index in [1.165, 1.54) is 192 Å². The number of rotatable bonds is 57. The van der Waals surface area contributed by atoms with Crippen LogP contribution in [0.1, 0.15) is 359 Å². The molecule has 0 saturated carbocycles. The molecule has 0 heterocycles. The monoisotopic (exact) mass is 1150 g/mol. The Morgan fingerprint density at radius 3 is 0.692 bits per heavy atom. The van der Waals surface area contributed by atoms with Gasteiger partial charge in [0.15, 0.2) is 0 Å². The first kappa shape index (κ1) is 74.9. The predicted octanol–water partition coefficient (Wildman–Crippen LogP) is 23.5. The molecule has 0 aromatic heterocycles. The Balaban J connectivity index is 3.43. The van der Waals surface area contributed by atoms with Gasteiger partial charge in [-0.1, -0.05) is 78.1 Å². The summed E-state index contributed by atoms with van der Waals surface area (Å²) in [7, 11) is -5.07. The molecule has 1 N–H and O–H groups in total. The van der Waals surface area contributed by atoms with E-state index < -0.39 is 40.6 Å². The van der Waals surface area contributed by atoms with Gasteiger partial charge in [0.1, 0.15) is 0 Å². The van der Waals surface area contributed by atoms with E-state index in [-0.39, 0.29) is 11.1 Å². The molecule has 0 spiro atoms. The molecule has 0 atom stereocenters. The van der Waals surface area contributed by atoms with Gasteiger partial charge < -0.3 is 0 Å². The van der Waals surface area contributed by atoms with Crippen LogP contribution >= 0.6 is 13.7 Å². The van der Waals surface area contributed by atoms with Gasteiger partial charge in [0, 0.05) is 0 Å². The maximum atomic E-state index is 15.2. The number of unbranched alkanes of at least 4 members (excludes halogenated alkanes) is 36. The average molecular weight is 1160 g/mol. The summed E-state index contributed by atoms with van der Waals surface area (Å²) in [5, 5.41) is 0. The van der Waals surface area contributed by atoms with E-state index in [0.29, 0.717) is 0 Å². The van der Waals surface area contributed by atoms with Gasteiger partial charge in [-0.05, 0) is 0 Å². The molecule has 7 nitrogen and oxygen atoms in total. The van der Waals surface area contributed by atoms with Gasteiger partial charge in [0.05, 0.1) is 0 Å². The van der Waals surface area contributed by atoms with Crippen molar-refractivity contribution >= 4 is 35.7 Å². The van der Waals surface area contributed by atoms with Crippen LogP contribution in [-0.2, 0) is 19.2 Å². The molecule has 0 radical (unpaired) electrons. The summed E-state index contributed by atoms with van der Waals surface area (Å²) in [4.78, 5) is 29.8. The molecule has 1 rings (SSSR count). The predicted molar refractivity (Wildman–Crippen MR) is 348 cm³/mol. The van der Waals surface area contributed by atoms with Crippen molar-refractivity contribution < 1.29 is 31.6 Å². The molecular formula is C68H132O7P2S. The number of benzene rings is 1. The first-order valence-corrected chi connectivity index (χ1v) is 41.6. The van der Waals surface area contributed by atoms with E-state index in [1.54, 1.807) is 6.07 Å². The molecule has 1 aromatic carbocycles. The number of hydrogen-bond acceptors (Lipinski definition) is 6. The van der Waals surface area contributed by atoms with Crippen molar-refractivity contribution in [3.05, 3.63) is 29.3 Å². The van der Waals surface area contributed by atoms with Crippen LogP contribution < -0.4 is 0 Å². The zero-order valence-electron chi connectivity index (χ0n) is 53.2. The van der Waals surface area contributed by atoms with Crippen molar-refractivity contribution in [2.24, 2.45) is 0 Å². The molecule has 0 aliphatic carbocycles. The van der Waals surface area contributed by atoms with Crippen molar-refractivity contribution in [1.29, 1.82) is 0 Å². The topological polar surface area (TPSA) is 107 Å². The molecule has 10 heteroatoms. The van der Waals surface area contributed by atoms with Gasteiger partial charge in [-0.2, -0.15) is 0 Å². The fraction of sp³-hybridized carbons (Fsp3) is 0.882. The van der Waals surface area contributed by atoms with E-state index in [9.17, 15) is 13.0 Å². The third-order valence-corrected chi connectivity index (χ3v) is 31.9. The van der Waals surface area contributed by atoms with E-state index >= 15 is 9.59 Å². The van der Waals surface area contributed by atoms with Crippen LogP contribution in [0.3, 0.4) is 0 Å². The Labute approximate surface area is 486 Å². The fourth-order valence-corrected chi connectivity index (χ4v) is 27.0. The molecule has 0 saturated heterocycles. The molecule has 0 amide bonds. The molecule has 0 aliphatic heterocycles. The minimum atomic E-state index is -5.07. The number of hydrogen-bond donors (Lipinski definition) is 1. The number of carbonyl (C=O) groups excluding carboxylic acids is 2. The second-order valence-electron chi connectivity index (χ2n) is 25.1. The second kappa shape index (κ2) is 45.4. The molecule has 78 heavy (non-hydrogen) atoms. The van der Waals surface area contributed by atoms with Crippen LogP contribution in [0.2, 0.25) is 0 Å². The van der Waals surface area contributed by atoms with E-state index in [4.69, 9.17) is 9.05 Å². The summed E-state index contributed by atoms with van der Waals surface area (Å²) in [6.07, 6.45) is 59.7. The summed E-state index contributed by atoms with van der Waals surface area (Å²) in [5.41, 5.74) is -0.461. The van der Waals surface area contributed by atoms with Crippen LogP contribution in [0.5, 0.6) is 0 Å². The summed E-state index contributed by atoms with van der Waals surface area (Å²) in [6.45, 7) is 11.2. The molecule has 462 valence electrons. The van der Waals surface area contributed by atoms with Gasteiger partial charge in [-0.3, -0.25) is 0 Å². The summed E-state index contributed by atoms with van der Waals surface area (Å²) in [5.74, 6) is -1.41. The summed E-state index contributed by atoms with van der Waals surface area (Å²) in [6, 6.07) is 4.53. The molecule has 1 aromatic rings. The van der Waals surface area contributed by atoms with Gasteiger partial charge in [-0.25, -0.2) is 0 Å². The van der Waals surface area contributed by atoms with Gasteiger partial charge in [0.25, 0.3) is 0 Å². The van der Waals surface area contributed by atoms with Crippen LogP contribution in [0.25, 0.3) is 0 Å². The second-order valence-corrected chi connectivity index (χ2v) is 37.9. The molecule has 0 fully saturated rings. The summed E-state index contributed by atoms with van der Waals surface area (Å²) >= 11 is 0. The van der Waals surface area contributed by atoms with Crippen LogP contribution in [0, 0.1) is 0 Å². The molecule has 0 aliphatic rings. The van der Waals surface area contributed by atoms with E-state index in [2.05, 4.69) is 55.4 Å². The third kappa shape index (κ3) is 31.0. The Hall–Kier alpha value is -1.07. The molecule has 0 bridgehead atoms. The summed E-state index contributed by atoms with van der Waals surface area (Å²) < 4.78 is 53.3. The van der Waals surface area contributed by atoms with Crippen LogP contribution in [0.4, 0.5) is 0 Å².